The largest absolute Gasteiger partial charge is 0.476 e. The molecule has 1 amide bonds. The first-order valence-corrected chi connectivity index (χ1v) is 7.70. The molecule has 0 aliphatic heterocycles. The summed E-state index contributed by atoms with van der Waals surface area (Å²) >= 11 is 2.77. The minimum atomic E-state index is -1.03. The van der Waals surface area contributed by atoms with Gasteiger partial charge in [-0.25, -0.2) is 9.78 Å². The first kappa shape index (κ1) is 14.7. The molecule has 0 aliphatic rings. The Morgan fingerprint density at radius 3 is 2.70 bits per heavy atom. The van der Waals surface area contributed by atoms with Gasteiger partial charge >= 0.3 is 5.97 Å². The molecular formula is C13H14N2O3S2. The highest BCUT2D eigenvalue weighted by atomic mass is 32.1. The lowest BCUT2D eigenvalue weighted by atomic mass is 10.3. The van der Waals surface area contributed by atoms with Gasteiger partial charge in [0.1, 0.15) is 0 Å². The van der Waals surface area contributed by atoms with Crippen molar-refractivity contribution in [3.05, 3.63) is 37.5 Å². The van der Waals surface area contributed by atoms with Crippen LogP contribution in [0.15, 0.2) is 11.4 Å². The van der Waals surface area contributed by atoms with E-state index in [9.17, 15) is 9.59 Å². The minimum absolute atomic E-state index is 0.0563. The summed E-state index contributed by atoms with van der Waals surface area (Å²) in [5.74, 6) is -1.12. The lowest BCUT2D eigenvalue weighted by Crippen LogP contribution is -2.24. The SMILES string of the molecule is Cc1cc(C(=O)NCCc2nc(C(=O)O)cs2)sc1C. The van der Waals surface area contributed by atoms with Gasteiger partial charge in [-0.15, -0.1) is 22.7 Å². The van der Waals surface area contributed by atoms with Crippen LogP contribution < -0.4 is 5.32 Å². The molecule has 2 aromatic rings. The van der Waals surface area contributed by atoms with Crippen molar-refractivity contribution in [3.8, 4) is 0 Å². The fraction of sp³-hybridized carbons (Fsp3) is 0.308. The van der Waals surface area contributed by atoms with Gasteiger partial charge in [-0.05, 0) is 25.5 Å². The number of thiophene rings is 1. The first-order valence-electron chi connectivity index (χ1n) is 6.00. The van der Waals surface area contributed by atoms with Gasteiger partial charge in [-0.3, -0.25) is 4.79 Å². The number of hydrogen-bond donors (Lipinski definition) is 2. The molecule has 2 aromatic heterocycles. The molecule has 0 saturated heterocycles. The summed E-state index contributed by atoms with van der Waals surface area (Å²) in [5.41, 5.74) is 1.17. The van der Waals surface area contributed by atoms with Crippen LogP contribution in [0.3, 0.4) is 0 Å². The zero-order chi connectivity index (χ0) is 14.7. The van der Waals surface area contributed by atoms with Crippen LogP contribution in [0.1, 0.15) is 35.6 Å². The number of hydrogen-bond acceptors (Lipinski definition) is 5. The first-order chi connectivity index (χ1) is 9.47. The Bertz CT molecular complexity index is 626. The molecule has 20 heavy (non-hydrogen) atoms. The van der Waals surface area contributed by atoms with Crippen LogP contribution in [0.4, 0.5) is 0 Å². The minimum Gasteiger partial charge on any atom is -0.476 e. The van der Waals surface area contributed by atoms with Crippen molar-refractivity contribution in [2.75, 3.05) is 6.54 Å². The molecule has 5 nitrogen and oxygen atoms in total. The number of nitrogens with one attached hydrogen (secondary N) is 1. The summed E-state index contributed by atoms with van der Waals surface area (Å²) in [7, 11) is 0. The molecule has 0 spiro atoms. The molecule has 0 unspecified atom stereocenters. The average Bonchev–Trinajstić information content (AvgIpc) is 2.98. The van der Waals surface area contributed by atoms with Crippen molar-refractivity contribution < 1.29 is 14.7 Å². The van der Waals surface area contributed by atoms with Gasteiger partial charge in [0.05, 0.1) is 9.88 Å². The van der Waals surface area contributed by atoms with Crippen LogP contribution in [0.5, 0.6) is 0 Å². The molecule has 106 valence electrons. The maximum Gasteiger partial charge on any atom is 0.355 e. The standard InChI is InChI=1S/C13H14N2O3S2/c1-7-5-10(20-8(7)2)12(16)14-4-3-11-15-9(6-19-11)13(17)18/h5-6H,3-4H2,1-2H3,(H,14,16)(H,17,18). The normalized spacial score (nSPS) is 10.5. The topological polar surface area (TPSA) is 79.3 Å². The van der Waals surface area contributed by atoms with E-state index in [0.29, 0.717) is 22.9 Å². The van der Waals surface area contributed by atoms with Crippen molar-refractivity contribution in [2.24, 2.45) is 0 Å². The lowest BCUT2D eigenvalue weighted by molar-refractivity contribution is 0.0690. The number of rotatable bonds is 5. The Morgan fingerprint density at radius 1 is 1.40 bits per heavy atom. The number of carbonyl (C=O) groups is 2. The van der Waals surface area contributed by atoms with Gasteiger partial charge in [0.25, 0.3) is 5.91 Å². The molecule has 2 N–H and O–H groups in total. The van der Waals surface area contributed by atoms with Crippen molar-refractivity contribution in [2.45, 2.75) is 20.3 Å². The zero-order valence-corrected chi connectivity index (χ0v) is 12.7. The summed E-state index contributed by atoms with van der Waals surface area (Å²) in [6.45, 7) is 4.41. The number of nitrogens with zero attached hydrogens (tertiary/aromatic N) is 1. The second-order valence-corrected chi connectivity index (χ2v) is 6.49. The Balaban J connectivity index is 1.86. The molecule has 0 fully saturated rings. The Hall–Kier alpha value is -1.73. The van der Waals surface area contributed by atoms with Crippen molar-refractivity contribution in [1.82, 2.24) is 10.3 Å². The molecule has 0 saturated carbocycles. The van der Waals surface area contributed by atoms with Gasteiger partial charge in [-0.2, -0.15) is 0 Å². The predicted molar refractivity (Wildman–Crippen MR) is 78.9 cm³/mol. The van der Waals surface area contributed by atoms with E-state index < -0.39 is 5.97 Å². The molecule has 0 aromatic carbocycles. The molecule has 7 heteroatoms. The third-order valence-corrected chi connectivity index (χ3v) is 4.84. The van der Waals surface area contributed by atoms with Gasteiger partial charge in [0.15, 0.2) is 5.69 Å². The third-order valence-electron chi connectivity index (χ3n) is 2.79. The summed E-state index contributed by atoms with van der Waals surface area (Å²) < 4.78 is 0. The monoisotopic (exact) mass is 310 g/mol. The van der Waals surface area contributed by atoms with E-state index in [-0.39, 0.29) is 11.6 Å². The number of thiazole rings is 1. The van der Waals surface area contributed by atoms with E-state index in [1.54, 1.807) is 0 Å². The second-order valence-electron chi connectivity index (χ2n) is 4.29. The van der Waals surface area contributed by atoms with E-state index >= 15 is 0 Å². The number of carbonyl (C=O) groups excluding carboxylic acids is 1. The van der Waals surface area contributed by atoms with Crippen LogP contribution in [-0.2, 0) is 6.42 Å². The van der Waals surface area contributed by atoms with E-state index in [1.807, 2.05) is 19.9 Å². The van der Waals surface area contributed by atoms with E-state index in [1.165, 1.54) is 28.1 Å². The molecule has 0 aliphatic carbocycles. The van der Waals surface area contributed by atoms with E-state index in [2.05, 4.69) is 10.3 Å². The fourth-order valence-corrected chi connectivity index (χ4v) is 3.30. The van der Waals surface area contributed by atoms with Crippen LogP contribution in [0.25, 0.3) is 0 Å². The van der Waals surface area contributed by atoms with Gasteiger partial charge in [-0.1, -0.05) is 0 Å². The summed E-state index contributed by atoms with van der Waals surface area (Å²) in [6, 6.07) is 1.88. The second kappa shape index (κ2) is 6.15. The quantitative estimate of drug-likeness (QED) is 0.889. The number of aromatic nitrogens is 1. The van der Waals surface area contributed by atoms with Crippen LogP contribution >= 0.6 is 22.7 Å². The highest BCUT2D eigenvalue weighted by molar-refractivity contribution is 7.14. The Labute approximate surface area is 124 Å². The van der Waals surface area contributed by atoms with Crippen LogP contribution in [0.2, 0.25) is 0 Å². The smallest absolute Gasteiger partial charge is 0.355 e. The molecule has 0 atom stereocenters. The van der Waals surface area contributed by atoms with Crippen LogP contribution in [-0.4, -0.2) is 28.5 Å². The number of carboxylic acids is 1. The highest BCUT2D eigenvalue weighted by Gasteiger charge is 2.11. The summed E-state index contributed by atoms with van der Waals surface area (Å²) in [6.07, 6.45) is 0.535. The number of carboxylic acid groups (broad SMARTS) is 1. The summed E-state index contributed by atoms with van der Waals surface area (Å²) in [5, 5.41) is 13.8. The lowest BCUT2D eigenvalue weighted by Gasteiger charge is -2.01. The van der Waals surface area contributed by atoms with Crippen LogP contribution in [0, 0.1) is 13.8 Å². The van der Waals surface area contributed by atoms with E-state index in [0.717, 1.165) is 10.4 Å². The van der Waals surface area contributed by atoms with Crippen molar-refractivity contribution in [3.63, 3.8) is 0 Å². The molecule has 0 bridgehead atoms. The highest BCUT2D eigenvalue weighted by Crippen LogP contribution is 2.20. The Kier molecular flexibility index (Phi) is 4.51. The van der Waals surface area contributed by atoms with Crippen molar-refractivity contribution in [1.29, 1.82) is 0 Å². The maximum atomic E-state index is 11.9. The average molecular weight is 310 g/mol. The number of amides is 1. The number of aryl methyl sites for hydroxylation is 2. The van der Waals surface area contributed by atoms with Crippen molar-refractivity contribution >= 4 is 34.6 Å². The van der Waals surface area contributed by atoms with Gasteiger partial charge < -0.3 is 10.4 Å². The van der Waals surface area contributed by atoms with E-state index in [4.69, 9.17) is 5.11 Å². The molecule has 2 rings (SSSR count). The maximum absolute atomic E-state index is 11.9. The van der Waals surface area contributed by atoms with Gasteiger partial charge in [0, 0.05) is 23.2 Å². The fourth-order valence-electron chi connectivity index (χ4n) is 1.58. The van der Waals surface area contributed by atoms with Gasteiger partial charge in [0.2, 0.25) is 0 Å². The Morgan fingerprint density at radius 2 is 2.15 bits per heavy atom. The molecule has 0 radical (unpaired) electrons. The predicted octanol–water partition coefficient (Wildman–Crippen LogP) is 2.49. The summed E-state index contributed by atoms with van der Waals surface area (Å²) in [4.78, 5) is 28.4. The third kappa shape index (κ3) is 3.43. The zero-order valence-electron chi connectivity index (χ0n) is 11.1. The molecule has 2 heterocycles. The molecular weight excluding hydrogens is 296 g/mol. The number of aromatic carboxylic acids is 1.